The number of benzene rings is 1. The van der Waals surface area contributed by atoms with Crippen LogP contribution in [0.25, 0.3) is 0 Å². The van der Waals surface area contributed by atoms with E-state index < -0.39 is 17.5 Å². The molecule has 0 radical (unpaired) electrons. The maximum absolute atomic E-state index is 13.6. The molecule has 1 aromatic rings. The fourth-order valence-corrected chi connectivity index (χ4v) is 2.24. The predicted octanol–water partition coefficient (Wildman–Crippen LogP) is 2.15. The Hall–Kier alpha value is -1.49. The number of nitrogens with one attached hydrogen (secondary N) is 2. The summed E-state index contributed by atoms with van der Waals surface area (Å²) in [7, 11) is 0. The van der Waals surface area contributed by atoms with Gasteiger partial charge in [0, 0.05) is 18.7 Å². The van der Waals surface area contributed by atoms with E-state index in [1.807, 2.05) is 0 Å². The van der Waals surface area contributed by atoms with Gasteiger partial charge in [-0.3, -0.25) is 4.79 Å². The van der Waals surface area contributed by atoms with E-state index in [2.05, 4.69) is 10.6 Å². The van der Waals surface area contributed by atoms with E-state index >= 15 is 0 Å². The van der Waals surface area contributed by atoms with E-state index in [1.165, 1.54) is 13.0 Å². The highest BCUT2D eigenvalue weighted by atomic mass is 19.1. The van der Waals surface area contributed by atoms with Gasteiger partial charge in [-0.2, -0.15) is 0 Å². The van der Waals surface area contributed by atoms with Crippen LogP contribution in [0.15, 0.2) is 12.1 Å². The molecule has 0 aromatic heterocycles. The fraction of sp³-hybridized carbons (Fsp3) is 0.500. The molecule has 1 amide bonds. The minimum Gasteiger partial charge on any atom is -0.348 e. The number of carbonyl (C=O) groups is 1. The van der Waals surface area contributed by atoms with Gasteiger partial charge < -0.3 is 10.6 Å². The molecular formula is C14H18F2N2O. The minimum absolute atomic E-state index is 0.000223. The molecule has 1 heterocycles. The number of aryl methyl sites for hydroxylation is 1. The molecule has 0 saturated carbocycles. The largest absolute Gasteiger partial charge is 0.348 e. The van der Waals surface area contributed by atoms with Crippen molar-refractivity contribution in [3.8, 4) is 0 Å². The Morgan fingerprint density at radius 2 is 2.11 bits per heavy atom. The zero-order chi connectivity index (χ0) is 13.8. The smallest absolute Gasteiger partial charge is 0.254 e. The zero-order valence-corrected chi connectivity index (χ0v) is 10.9. The lowest BCUT2D eigenvalue weighted by atomic mass is 10.1. The van der Waals surface area contributed by atoms with Crippen LogP contribution in [0.3, 0.4) is 0 Å². The summed E-state index contributed by atoms with van der Waals surface area (Å²) in [6, 6.07) is 2.01. The predicted molar refractivity (Wildman–Crippen MR) is 69.1 cm³/mol. The Bertz CT molecular complexity index is 469. The van der Waals surface area contributed by atoms with Gasteiger partial charge in [-0.25, -0.2) is 8.78 Å². The second kappa shape index (κ2) is 6.10. The molecule has 1 fully saturated rings. The molecule has 1 unspecified atom stereocenters. The maximum atomic E-state index is 13.6. The van der Waals surface area contributed by atoms with E-state index in [0.29, 0.717) is 6.54 Å². The third-order valence-electron chi connectivity index (χ3n) is 3.38. The molecule has 2 N–H and O–H groups in total. The summed E-state index contributed by atoms with van der Waals surface area (Å²) >= 11 is 0. The van der Waals surface area contributed by atoms with Gasteiger partial charge in [0.25, 0.3) is 5.91 Å². The van der Waals surface area contributed by atoms with Gasteiger partial charge in [0.1, 0.15) is 11.6 Å². The van der Waals surface area contributed by atoms with E-state index in [4.69, 9.17) is 0 Å². The van der Waals surface area contributed by atoms with Crippen molar-refractivity contribution in [1.82, 2.24) is 10.6 Å². The molecule has 1 aromatic carbocycles. The molecule has 0 aliphatic carbocycles. The molecule has 1 atom stereocenters. The van der Waals surface area contributed by atoms with Crippen molar-refractivity contribution in [2.24, 2.45) is 0 Å². The van der Waals surface area contributed by atoms with Crippen LogP contribution in [0.2, 0.25) is 0 Å². The van der Waals surface area contributed by atoms with Crippen LogP contribution in [0, 0.1) is 18.6 Å². The summed E-state index contributed by atoms with van der Waals surface area (Å²) in [6.07, 6.45) is 2.99. The van der Waals surface area contributed by atoms with Crippen LogP contribution >= 0.6 is 0 Å². The van der Waals surface area contributed by atoms with Gasteiger partial charge in [-0.05, 0) is 37.9 Å². The maximum Gasteiger partial charge on any atom is 0.254 e. The van der Waals surface area contributed by atoms with Crippen LogP contribution in [0.5, 0.6) is 0 Å². The zero-order valence-electron chi connectivity index (χ0n) is 10.9. The number of halogens is 2. The van der Waals surface area contributed by atoms with E-state index in [1.54, 1.807) is 0 Å². The van der Waals surface area contributed by atoms with E-state index in [-0.39, 0.29) is 17.2 Å². The minimum atomic E-state index is -0.817. The lowest BCUT2D eigenvalue weighted by molar-refractivity contribution is 0.0931. The Balaban J connectivity index is 2.08. The summed E-state index contributed by atoms with van der Waals surface area (Å²) in [5.41, 5.74) is 0.175. The first-order valence-corrected chi connectivity index (χ1v) is 6.55. The molecule has 0 bridgehead atoms. The molecule has 3 nitrogen and oxygen atoms in total. The van der Waals surface area contributed by atoms with Gasteiger partial charge in [0.2, 0.25) is 0 Å². The van der Waals surface area contributed by atoms with Crippen LogP contribution < -0.4 is 10.6 Å². The monoisotopic (exact) mass is 268 g/mol. The van der Waals surface area contributed by atoms with Crippen LogP contribution in [0.4, 0.5) is 8.78 Å². The first kappa shape index (κ1) is 13.9. The highest BCUT2D eigenvalue weighted by Crippen LogP contribution is 2.15. The lowest BCUT2D eigenvalue weighted by Crippen LogP contribution is -2.41. The fourth-order valence-electron chi connectivity index (χ4n) is 2.24. The SMILES string of the molecule is Cc1cc(C(=O)NC2CCCCNC2)c(F)cc1F. The number of hydrogen-bond donors (Lipinski definition) is 2. The highest BCUT2D eigenvalue weighted by molar-refractivity contribution is 5.94. The highest BCUT2D eigenvalue weighted by Gasteiger charge is 2.19. The standard InChI is InChI=1S/C14H18F2N2O/c1-9-6-11(13(16)7-12(9)15)14(19)18-10-4-2-3-5-17-8-10/h6-7,10,17H,2-5,8H2,1H3,(H,18,19). The summed E-state index contributed by atoms with van der Waals surface area (Å²) in [5, 5.41) is 6.02. The third-order valence-corrected chi connectivity index (χ3v) is 3.38. The summed E-state index contributed by atoms with van der Waals surface area (Å²) < 4.78 is 26.8. The number of carbonyl (C=O) groups excluding carboxylic acids is 1. The van der Waals surface area contributed by atoms with E-state index in [9.17, 15) is 13.6 Å². The Kier molecular flexibility index (Phi) is 4.47. The second-order valence-corrected chi connectivity index (χ2v) is 4.95. The van der Waals surface area contributed by atoms with Crippen LogP contribution in [-0.4, -0.2) is 25.0 Å². The summed E-state index contributed by atoms with van der Waals surface area (Å²) in [4.78, 5) is 12.0. The van der Waals surface area contributed by atoms with Crippen LogP contribution in [0.1, 0.15) is 35.2 Å². The average molecular weight is 268 g/mol. The van der Waals surface area contributed by atoms with Crippen molar-refractivity contribution in [1.29, 1.82) is 0 Å². The molecule has 1 aliphatic heterocycles. The third kappa shape index (κ3) is 3.50. The van der Waals surface area contributed by atoms with E-state index in [0.717, 1.165) is 31.9 Å². The van der Waals surface area contributed by atoms with Gasteiger partial charge in [-0.1, -0.05) is 6.42 Å². The first-order valence-electron chi connectivity index (χ1n) is 6.55. The Morgan fingerprint density at radius 1 is 1.32 bits per heavy atom. The van der Waals surface area contributed by atoms with Crippen molar-refractivity contribution in [3.63, 3.8) is 0 Å². The Morgan fingerprint density at radius 3 is 2.89 bits per heavy atom. The number of rotatable bonds is 2. The molecule has 0 spiro atoms. The number of amides is 1. The van der Waals surface area contributed by atoms with Gasteiger partial charge in [-0.15, -0.1) is 0 Å². The molecule has 1 saturated heterocycles. The van der Waals surface area contributed by atoms with Crippen molar-refractivity contribution in [2.75, 3.05) is 13.1 Å². The van der Waals surface area contributed by atoms with Crippen molar-refractivity contribution in [3.05, 3.63) is 34.9 Å². The molecule has 1 aliphatic rings. The quantitative estimate of drug-likeness (QED) is 0.863. The van der Waals surface area contributed by atoms with Crippen molar-refractivity contribution >= 4 is 5.91 Å². The summed E-state index contributed by atoms with van der Waals surface area (Å²) in [5.74, 6) is -1.93. The molecular weight excluding hydrogens is 250 g/mol. The first-order chi connectivity index (χ1) is 9.08. The Labute approximate surface area is 111 Å². The lowest BCUT2D eigenvalue weighted by Gasteiger charge is -2.17. The van der Waals surface area contributed by atoms with Gasteiger partial charge >= 0.3 is 0 Å². The molecule has 19 heavy (non-hydrogen) atoms. The molecule has 2 rings (SSSR count). The van der Waals surface area contributed by atoms with Crippen molar-refractivity contribution in [2.45, 2.75) is 32.2 Å². The molecule has 104 valence electrons. The van der Waals surface area contributed by atoms with Gasteiger partial charge in [0.15, 0.2) is 0 Å². The van der Waals surface area contributed by atoms with Crippen LogP contribution in [-0.2, 0) is 0 Å². The molecule has 5 heteroatoms. The van der Waals surface area contributed by atoms with Gasteiger partial charge in [0.05, 0.1) is 5.56 Å². The average Bonchev–Trinajstić information content (AvgIpc) is 2.62. The second-order valence-electron chi connectivity index (χ2n) is 4.95. The number of hydrogen-bond acceptors (Lipinski definition) is 2. The van der Waals surface area contributed by atoms with Crippen molar-refractivity contribution < 1.29 is 13.6 Å². The topological polar surface area (TPSA) is 41.1 Å². The normalized spacial score (nSPS) is 19.8. The summed E-state index contributed by atoms with van der Waals surface area (Å²) in [6.45, 7) is 3.14.